The van der Waals surface area contributed by atoms with Crippen molar-refractivity contribution < 1.29 is 9.90 Å². The van der Waals surface area contributed by atoms with E-state index < -0.39 is 0 Å². The van der Waals surface area contributed by atoms with E-state index in [2.05, 4.69) is 15.7 Å². The zero-order chi connectivity index (χ0) is 14.4. The van der Waals surface area contributed by atoms with Crippen LogP contribution in [0.15, 0.2) is 36.7 Å². The van der Waals surface area contributed by atoms with Crippen molar-refractivity contribution in [1.82, 2.24) is 15.1 Å². The number of nitrogens with zero attached hydrogens (tertiary/aromatic N) is 2. The molecule has 0 aliphatic carbocycles. The van der Waals surface area contributed by atoms with Gasteiger partial charge < -0.3 is 15.7 Å². The van der Waals surface area contributed by atoms with Gasteiger partial charge >= 0.3 is 0 Å². The lowest BCUT2D eigenvalue weighted by atomic mass is 10.2. The molecule has 1 aromatic carbocycles. The topological polar surface area (TPSA) is 79.2 Å². The molecule has 0 saturated carbocycles. The second kappa shape index (κ2) is 6.72. The molecule has 0 fully saturated rings. The van der Waals surface area contributed by atoms with Crippen molar-refractivity contribution in [3.63, 3.8) is 0 Å². The number of aliphatic hydroxyl groups is 1. The Bertz CT molecular complexity index is 580. The Morgan fingerprint density at radius 1 is 1.45 bits per heavy atom. The molecule has 0 radical (unpaired) electrons. The number of anilines is 1. The van der Waals surface area contributed by atoms with Gasteiger partial charge in [0.25, 0.3) is 5.91 Å². The number of benzene rings is 1. The van der Waals surface area contributed by atoms with Crippen LogP contribution in [0.5, 0.6) is 0 Å². The van der Waals surface area contributed by atoms with E-state index in [9.17, 15) is 4.79 Å². The van der Waals surface area contributed by atoms with Crippen molar-refractivity contribution in [3.8, 4) is 0 Å². The van der Waals surface area contributed by atoms with Crippen molar-refractivity contribution in [2.75, 3.05) is 18.5 Å². The Morgan fingerprint density at radius 2 is 2.30 bits per heavy atom. The quantitative estimate of drug-likeness (QED) is 0.726. The molecule has 3 N–H and O–H groups in total. The number of aliphatic hydroxyl groups excluding tert-OH is 1. The molecule has 0 saturated heterocycles. The van der Waals surface area contributed by atoms with E-state index in [0.717, 1.165) is 11.3 Å². The Balaban J connectivity index is 1.97. The van der Waals surface area contributed by atoms with Gasteiger partial charge in [-0.1, -0.05) is 6.07 Å². The highest BCUT2D eigenvalue weighted by Gasteiger charge is 2.05. The summed E-state index contributed by atoms with van der Waals surface area (Å²) in [5, 5.41) is 18.7. The second-order valence-electron chi connectivity index (χ2n) is 4.44. The number of carbonyl (C=O) groups is 1. The molecular formula is C14H18N4O2. The molecule has 20 heavy (non-hydrogen) atoms. The Labute approximate surface area is 117 Å². The maximum Gasteiger partial charge on any atom is 0.251 e. The molecular weight excluding hydrogens is 256 g/mol. The standard InChI is InChI=1S/C14H18N4O2/c1-18-10-11(9-17-18)8-16-13-4-2-3-12(7-13)14(20)15-5-6-19/h2-4,7,9-10,16,19H,5-6,8H2,1H3,(H,15,20). The molecule has 106 valence electrons. The second-order valence-corrected chi connectivity index (χ2v) is 4.44. The van der Waals surface area contributed by atoms with Crippen LogP contribution in [-0.4, -0.2) is 33.9 Å². The van der Waals surface area contributed by atoms with E-state index in [1.54, 1.807) is 23.0 Å². The molecule has 2 aromatic rings. The molecule has 0 aliphatic heterocycles. The largest absolute Gasteiger partial charge is 0.395 e. The van der Waals surface area contributed by atoms with Gasteiger partial charge in [-0.15, -0.1) is 0 Å². The van der Waals surface area contributed by atoms with Gasteiger partial charge in [-0.25, -0.2) is 0 Å². The Morgan fingerprint density at radius 3 is 3.00 bits per heavy atom. The van der Waals surface area contributed by atoms with Crippen LogP contribution in [0, 0.1) is 0 Å². The summed E-state index contributed by atoms with van der Waals surface area (Å²) in [6, 6.07) is 7.24. The first-order valence-corrected chi connectivity index (χ1v) is 6.39. The normalized spacial score (nSPS) is 10.3. The SMILES string of the molecule is Cn1cc(CNc2cccc(C(=O)NCCO)c2)cn1. The van der Waals surface area contributed by atoms with Gasteiger partial charge in [0.05, 0.1) is 12.8 Å². The number of hydrogen-bond acceptors (Lipinski definition) is 4. The van der Waals surface area contributed by atoms with Crippen LogP contribution in [0.2, 0.25) is 0 Å². The summed E-state index contributed by atoms with van der Waals surface area (Å²) < 4.78 is 1.75. The number of carbonyl (C=O) groups excluding carboxylic acids is 1. The Kier molecular flexibility index (Phi) is 4.73. The first-order valence-electron chi connectivity index (χ1n) is 6.39. The minimum absolute atomic E-state index is 0.0648. The minimum atomic E-state index is -0.191. The number of rotatable bonds is 6. The minimum Gasteiger partial charge on any atom is -0.395 e. The molecule has 0 spiro atoms. The predicted octanol–water partition coefficient (Wildman–Crippen LogP) is 0.754. The van der Waals surface area contributed by atoms with Gasteiger partial charge in [-0.05, 0) is 18.2 Å². The van der Waals surface area contributed by atoms with E-state index in [1.807, 2.05) is 25.4 Å². The summed E-state index contributed by atoms with van der Waals surface area (Å²) in [7, 11) is 1.87. The zero-order valence-electron chi connectivity index (χ0n) is 11.3. The maximum absolute atomic E-state index is 11.8. The van der Waals surface area contributed by atoms with E-state index in [1.165, 1.54) is 0 Å². The predicted molar refractivity (Wildman–Crippen MR) is 76.4 cm³/mol. The van der Waals surface area contributed by atoms with Crippen LogP contribution in [0.4, 0.5) is 5.69 Å². The third kappa shape index (κ3) is 3.83. The molecule has 0 aliphatic rings. The highest BCUT2D eigenvalue weighted by Crippen LogP contribution is 2.12. The van der Waals surface area contributed by atoms with Crippen LogP contribution >= 0.6 is 0 Å². The van der Waals surface area contributed by atoms with Crippen LogP contribution in [0.1, 0.15) is 15.9 Å². The van der Waals surface area contributed by atoms with Gasteiger partial charge in [0, 0.05) is 43.1 Å². The summed E-state index contributed by atoms with van der Waals surface area (Å²) in [6.07, 6.45) is 3.73. The van der Waals surface area contributed by atoms with Crippen LogP contribution in [-0.2, 0) is 13.6 Å². The van der Waals surface area contributed by atoms with Crippen LogP contribution in [0.25, 0.3) is 0 Å². The first kappa shape index (κ1) is 14.1. The monoisotopic (exact) mass is 274 g/mol. The lowest BCUT2D eigenvalue weighted by Gasteiger charge is -2.07. The smallest absolute Gasteiger partial charge is 0.251 e. The van der Waals surface area contributed by atoms with Crippen molar-refractivity contribution in [2.24, 2.45) is 7.05 Å². The summed E-state index contributed by atoms with van der Waals surface area (Å²) >= 11 is 0. The highest BCUT2D eigenvalue weighted by molar-refractivity contribution is 5.95. The van der Waals surface area contributed by atoms with E-state index in [4.69, 9.17) is 5.11 Å². The molecule has 0 unspecified atom stereocenters. The van der Waals surface area contributed by atoms with Crippen molar-refractivity contribution in [1.29, 1.82) is 0 Å². The average molecular weight is 274 g/mol. The lowest BCUT2D eigenvalue weighted by molar-refractivity contribution is 0.0945. The fraction of sp³-hybridized carbons (Fsp3) is 0.286. The third-order valence-corrected chi connectivity index (χ3v) is 2.78. The molecule has 1 amide bonds. The van der Waals surface area contributed by atoms with Gasteiger partial charge in [-0.3, -0.25) is 9.48 Å². The first-order chi connectivity index (χ1) is 9.69. The number of aromatic nitrogens is 2. The molecule has 0 bridgehead atoms. The lowest BCUT2D eigenvalue weighted by Crippen LogP contribution is -2.26. The molecule has 2 rings (SSSR count). The molecule has 6 nitrogen and oxygen atoms in total. The fourth-order valence-electron chi connectivity index (χ4n) is 1.81. The highest BCUT2D eigenvalue weighted by atomic mass is 16.3. The van der Waals surface area contributed by atoms with Gasteiger partial charge in [0.1, 0.15) is 0 Å². The van der Waals surface area contributed by atoms with Crippen molar-refractivity contribution in [3.05, 3.63) is 47.8 Å². The summed E-state index contributed by atoms with van der Waals surface area (Å²) in [5.41, 5.74) is 2.50. The van der Waals surface area contributed by atoms with Gasteiger partial charge in [0.15, 0.2) is 0 Å². The Hall–Kier alpha value is -2.34. The van der Waals surface area contributed by atoms with E-state index in [0.29, 0.717) is 12.1 Å². The number of amides is 1. The molecule has 0 atom stereocenters. The fourth-order valence-corrected chi connectivity index (χ4v) is 1.81. The van der Waals surface area contributed by atoms with Crippen LogP contribution in [0.3, 0.4) is 0 Å². The maximum atomic E-state index is 11.8. The third-order valence-electron chi connectivity index (χ3n) is 2.78. The number of nitrogens with one attached hydrogen (secondary N) is 2. The molecule has 6 heteroatoms. The number of hydrogen-bond donors (Lipinski definition) is 3. The summed E-state index contributed by atoms with van der Waals surface area (Å²) in [5.74, 6) is -0.191. The van der Waals surface area contributed by atoms with Crippen molar-refractivity contribution in [2.45, 2.75) is 6.54 Å². The zero-order valence-corrected chi connectivity index (χ0v) is 11.3. The van der Waals surface area contributed by atoms with Crippen molar-refractivity contribution >= 4 is 11.6 Å². The van der Waals surface area contributed by atoms with Gasteiger partial charge in [-0.2, -0.15) is 5.10 Å². The van der Waals surface area contributed by atoms with E-state index >= 15 is 0 Å². The molecule has 1 aromatic heterocycles. The molecule has 1 heterocycles. The van der Waals surface area contributed by atoms with Crippen LogP contribution < -0.4 is 10.6 Å². The summed E-state index contributed by atoms with van der Waals surface area (Å²) in [4.78, 5) is 11.8. The van der Waals surface area contributed by atoms with Gasteiger partial charge in [0.2, 0.25) is 0 Å². The van der Waals surface area contributed by atoms with E-state index in [-0.39, 0.29) is 19.1 Å². The number of aryl methyl sites for hydroxylation is 1. The average Bonchev–Trinajstić information content (AvgIpc) is 2.88. The summed E-state index contributed by atoms with van der Waals surface area (Å²) in [6.45, 7) is 0.840.